The van der Waals surface area contributed by atoms with Crippen molar-refractivity contribution in [1.82, 2.24) is 4.90 Å². The second-order valence-electron chi connectivity index (χ2n) is 4.37. The first kappa shape index (κ1) is 11.0. The van der Waals surface area contributed by atoms with Gasteiger partial charge in [-0.25, -0.2) is 0 Å². The van der Waals surface area contributed by atoms with E-state index in [-0.39, 0.29) is 11.9 Å². The number of nitrogen functional groups attached to an aromatic ring is 1. The molecule has 1 atom stereocenters. The number of likely N-dealkylation sites (tertiary alicyclic amines) is 1. The van der Waals surface area contributed by atoms with Crippen LogP contribution in [0.15, 0.2) is 18.2 Å². The fraction of sp³-hybridized carbons (Fsp3) is 0.417. The van der Waals surface area contributed by atoms with E-state index in [1.165, 1.54) is 0 Å². The van der Waals surface area contributed by atoms with Gasteiger partial charge in [0.25, 0.3) is 5.91 Å². The van der Waals surface area contributed by atoms with Gasteiger partial charge in [0.05, 0.1) is 0 Å². The van der Waals surface area contributed by atoms with E-state index in [1.54, 1.807) is 17.0 Å². The summed E-state index contributed by atoms with van der Waals surface area (Å²) in [6.45, 7) is 3.31. The van der Waals surface area contributed by atoms with Crippen LogP contribution in [0, 0.1) is 6.92 Å². The Kier molecular flexibility index (Phi) is 2.83. The van der Waals surface area contributed by atoms with Crippen molar-refractivity contribution in [2.24, 2.45) is 5.73 Å². The topological polar surface area (TPSA) is 72.3 Å². The van der Waals surface area contributed by atoms with Crippen LogP contribution in [0.3, 0.4) is 0 Å². The predicted octanol–water partition coefficient (Wildman–Crippen LogP) is 0.750. The summed E-state index contributed by atoms with van der Waals surface area (Å²) in [7, 11) is 0. The van der Waals surface area contributed by atoms with Crippen LogP contribution in [0.5, 0.6) is 0 Å². The fourth-order valence-electron chi connectivity index (χ4n) is 1.96. The third-order valence-electron chi connectivity index (χ3n) is 3.03. The fourth-order valence-corrected chi connectivity index (χ4v) is 1.96. The summed E-state index contributed by atoms with van der Waals surface area (Å²) in [6.07, 6.45) is 0.889. The van der Waals surface area contributed by atoms with Crippen molar-refractivity contribution in [2.75, 3.05) is 18.8 Å². The number of carbonyl (C=O) groups excluding carboxylic acids is 1. The van der Waals surface area contributed by atoms with Crippen LogP contribution in [0.25, 0.3) is 0 Å². The number of amides is 1. The van der Waals surface area contributed by atoms with Crippen molar-refractivity contribution in [2.45, 2.75) is 19.4 Å². The number of aryl methyl sites for hydroxylation is 1. The molecule has 4 heteroatoms. The zero-order valence-electron chi connectivity index (χ0n) is 9.44. The molecular weight excluding hydrogens is 202 g/mol. The van der Waals surface area contributed by atoms with E-state index in [2.05, 4.69) is 0 Å². The van der Waals surface area contributed by atoms with Gasteiger partial charge in [-0.15, -0.1) is 0 Å². The van der Waals surface area contributed by atoms with E-state index < -0.39 is 0 Å². The van der Waals surface area contributed by atoms with E-state index in [0.29, 0.717) is 12.1 Å². The van der Waals surface area contributed by atoms with Gasteiger partial charge in [-0.1, -0.05) is 0 Å². The van der Waals surface area contributed by atoms with E-state index >= 15 is 0 Å². The molecule has 16 heavy (non-hydrogen) atoms. The van der Waals surface area contributed by atoms with Crippen LogP contribution in [-0.2, 0) is 0 Å². The van der Waals surface area contributed by atoms with Crippen LogP contribution in [0.4, 0.5) is 5.69 Å². The van der Waals surface area contributed by atoms with E-state index in [9.17, 15) is 4.79 Å². The summed E-state index contributed by atoms with van der Waals surface area (Å²) in [5.41, 5.74) is 13.9. The number of carbonyl (C=O) groups is 1. The zero-order chi connectivity index (χ0) is 11.7. The number of benzene rings is 1. The van der Waals surface area contributed by atoms with Crippen LogP contribution in [-0.4, -0.2) is 29.9 Å². The summed E-state index contributed by atoms with van der Waals surface area (Å²) in [6, 6.07) is 5.51. The van der Waals surface area contributed by atoms with Gasteiger partial charge in [0.2, 0.25) is 0 Å². The number of hydrogen-bond acceptors (Lipinski definition) is 3. The van der Waals surface area contributed by atoms with Crippen molar-refractivity contribution in [3.63, 3.8) is 0 Å². The molecule has 0 spiro atoms. The molecule has 0 bridgehead atoms. The number of rotatable bonds is 1. The molecule has 1 amide bonds. The van der Waals surface area contributed by atoms with Gasteiger partial charge in [-0.2, -0.15) is 0 Å². The molecule has 1 fully saturated rings. The number of hydrogen-bond donors (Lipinski definition) is 2. The standard InChI is InChI=1S/C12H17N3O/c1-8-6-9(2-3-11(8)14)12(16)15-5-4-10(13)7-15/h2-3,6,10H,4-5,7,13-14H2,1H3. The third-order valence-corrected chi connectivity index (χ3v) is 3.03. The highest BCUT2D eigenvalue weighted by Gasteiger charge is 2.24. The van der Waals surface area contributed by atoms with Gasteiger partial charge in [-0.05, 0) is 37.1 Å². The summed E-state index contributed by atoms with van der Waals surface area (Å²) < 4.78 is 0. The normalized spacial score (nSPS) is 20.1. The number of nitrogens with zero attached hydrogens (tertiary/aromatic N) is 1. The van der Waals surface area contributed by atoms with Gasteiger partial charge in [-0.3, -0.25) is 4.79 Å². The smallest absolute Gasteiger partial charge is 0.253 e. The Morgan fingerprint density at radius 2 is 2.25 bits per heavy atom. The highest BCUT2D eigenvalue weighted by Crippen LogP contribution is 2.16. The zero-order valence-corrected chi connectivity index (χ0v) is 9.44. The van der Waals surface area contributed by atoms with Crippen LogP contribution < -0.4 is 11.5 Å². The maximum Gasteiger partial charge on any atom is 0.253 e. The Labute approximate surface area is 95.2 Å². The first-order chi connectivity index (χ1) is 7.58. The quantitative estimate of drug-likeness (QED) is 0.685. The Morgan fingerprint density at radius 1 is 1.50 bits per heavy atom. The molecule has 0 aliphatic carbocycles. The van der Waals surface area contributed by atoms with Gasteiger partial charge < -0.3 is 16.4 Å². The van der Waals surface area contributed by atoms with E-state index in [0.717, 1.165) is 24.2 Å². The SMILES string of the molecule is Cc1cc(C(=O)N2CCC(N)C2)ccc1N. The molecule has 1 aliphatic rings. The lowest BCUT2D eigenvalue weighted by molar-refractivity contribution is 0.0791. The van der Waals surface area contributed by atoms with Crippen molar-refractivity contribution in [1.29, 1.82) is 0 Å². The summed E-state index contributed by atoms with van der Waals surface area (Å²) in [5, 5.41) is 0. The van der Waals surface area contributed by atoms with Gasteiger partial charge in [0.15, 0.2) is 0 Å². The molecule has 1 aliphatic heterocycles. The van der Waals surface area contributed by atoms with Crippen LogP contribution >= 0.6 is 0 Å². The lowest BCUT2D eigenvalue weighted by Crippen LogP contribution is -2.31. The average Bonchev–Trinajstić information content (AvgIpc) is 2.68. The molecule has 86 valence electrons. The molecule has 0 aromatic heterocycles. The van der Waals surface area contributed by atoms with Gasteiger partial charge in [0, 0.05) is 30.4 Å². The molecule has 1 aromatic carbocycles. The third kappa shape index (κ3) is 2.02. The highest BCUT2D eigenvalue weighted by atomic mass is 16.2. The lowest BCUT2D eigenvalue weighted by Gasteiger charge is -2.16. The van der Waals surface area contributed by atoms with Crippen molar-refractivity contribution in [3.8, 4) is 0 Å². The minimum Gasteiger partial charge on any atom is -0.399 e. The largest absolute Gasteiger partial charge is 0.399 e. The first-order valence-electron chi connectivity index (χ1n) is 5.49. The maximum absolute atomic E-state index is 12.1. The molecule has 4 nitrogen and oxygen atoms in total. The lowest BCUT2D eigenvalue weighted by atomic mass is 10.1. The molecular formula is C12H17N3O. The molecule has 4 N–H and O–H groups in total. The molecule has 2 rings (SSSR count). The van der Waals surface area contributed by atoms with E-state index in [1.807, 2.05) is 13.0 Å². The monoisotopic (exact) mass is 219 g/mol. The molecule has 0 saturated carbocycles. The molecule has 1 heterocycles. The van der Waals surface area contributed by atoms with Crippen molar-refractivity contribution < 1.29 is 4.79 Å². The van der Waals surface area contributed by atoms with Gasteiger partial charge in [0.1, 0.15) is 0 Å². The average molecular weight is 219 g/mol. The minimum absolute atomic E-state index is 0.0519. The Balaban J connectivity index is 2.18. The Bertz CT molecular complexity index is 417. The minimum atomic E-state index is 0.0519. The Morgan fingerprint density at radius 3 is 2.81 bits per heavy atom. The summed E-state index contributed by atoms with van der Waals surface area (Å²) in [5.74, 6) is 0.0519. The number of nitrogens with two attached hydrogens (primary N) is 2. The molecule has 1 unspecified atom stereocenters. The predicted molar refractivity (Wildman–Crippen MR) is 64.1 cm³/mol. The van der Waals surface area contributed by atoms with Crippen molar-refractivity contribution in [3.05, 3.63) is 29.3 Å². The summed E-state index contributed by atoms with van der Waals surface area (Å²) in [4.78, 5) is 13.9. The highest BCUT2D eigenvalue weighted by molar-refractivity contribution is 5.95. The first-order valence-corrected chi connectivity index (χ1v) is 5.49. The number of anilines is 1. The second kappa shape index (κ2) is 4.14. The van der Waals surface area contributed by atoms with Crippen LogP contribution in [0.2, 0.25) is 0 Å². The molecule has 1 aromatic rings. The summed E-state index contributed by atoms with van der Waals surface area (Å²) >= 11 is 0. The second-order valence-corrected chi connectivity index (χ2v) is 4.37. The Hall–Kier alpha value is -1.55. The van der Waals surface area contributed by atoms with Crippen molar-refractivity contribution >= 4 is 11.6 Å². The van der Waals surface area contributed by atoms with Gasteiger partial charge >= 0.3 is 0 Å². The van der Waals surface area contributed by atoms with E-state index in [4.69, 9.17) is 11.5 Å². The van der Waals surface area contributed by atoms with Crippen LogP contribution in [0.1, 0.15) is 22.3 Å². The maximum atomic E-state index is 12.1. The molecule has 0 radical (unpaired) electrons. The molecule has 1 saturated heterocycles.